The quantitative estimate of drug-likeness (QED) is 0.582. The van der Waals surface area contributed by atoms with Crippen LogP contribution in [0.25, 0.3) is 10.9 Å². The predicted molar refractivity (Wildman–Crippen MR) is 124 cm³/mol. The van der Waals surface area contributed by atoms with Crippen molar-refractivity contribution >= 4 is 28.3 Å². The number of benzene rings is 2. The van der Waals surface area contributed by atoms with Crippen LogP contribution in [0.15, 0.2) is 54.6 Å². The number of ether oxygens (including phenoxy) is 2. The van der Waals surface area contributed by atoms with Crippen LogP contribution in [0.2, 0.25) is 0 Å². The number of anilines is 2. The first-order valence-corrected chi connectivity index (χ1v) is 11.0. The highest BCUT2D eigenvalue weighted by molar-refractivity contribution is 5.92. The highest BCUT2D eigenvalue weighted by atomic mass is 16.5. The normalized spacial score (nSPS) is 16.2. The molecule has 1 aliphatic heterocycles. The van der Waals surface area contributed by atoms with Crippen molar-refractivity contribution < 1.29 is 14.3 Å². The number of pyridine rings is 1. The van der Waals surface area contributed by atoms with E-state index in [0.717, 1.165) is 29.0 Å². The average molecular weight is 420 g/mol. The van der Waals surface area contributed by atoms with Crippen molar-refractivity contribution in [2.45, 2.75) is 39.2 Å². The Balaban J connectivity index is 1.45. The van der Waals surface area contributed by atoms with Crippen LogP contribution in [0.4, 0.5) is 11.5 Å². The van der Waals surface area contributed by atoms with Crippen molar-refractivity contribution in [1.82, 2.24) is 4.98 Å². The number of hydrogen-bond donors (Lipinski definition) is 1. The van der Waals surface area contributed by atoms with E-state index >= 15 is 0 Å². The Kier molecular flexibility index (Phi) is 6.55. The first kappa shape index (κ1) is 21.0. The molecule has 1 saturated heterocycles. The monoisotopic (exact) mass is 419 g/mol. The Morgan fingerprint density at radius 3 is 2.71 bits per heavy atom. The first-order chi connectivity index (χ1) is 15.1. The molecule has 1 N–H and O–H groups in total. The summed E-state index contributed by atoms with van der Waals surface area (Å²) in [5, 5.41) is 3.85. The number of carbonyl (C=O) groups excluding carboxylic acids is 1. The Labute approximate surface area is 183 Å². The SMILES string of the molecule is CCOc1ccc(NC(=O)COc2cccc3ccc(N4CCCCC4C)nc23)cc1. The number of piperidine rings is 1. The summed E-state index contributed by atoms with van der Waals surface area (Å²) in [7, 11) is 0. The lowest BCUT2D eigenvalue weighted by Gasteiger charge is -2.34. The van der Waals surface area contributed by atoms with Crippen LogP contribution in [-0.4, -0.2) is 36.7 Å². The van der Waals surface area contributed by atoms with Gasteiger partial charge in [-0.1, -0.05) is 12.1 Å². The summed E-state index contributed by atoms with van der Waals surface area (Å²) in [5.41, 5.74) is 1.49. The van der Waals surface area contributed by atoms with E-state index in [4.69, 9.17) is 14.5 Å². The molecule has 0 aliphatic carbocycles. The summed E-state index contributed by atoms with van der Waals surface area (Å²) < 4.78 is 11.3. The van der Waals surface area contributed by atoms with Gasteiger partial charge < -0.3 is 19.7 Å². The second-order valence-corrected chi connectivity index (χ2v) is 7.83. The van der Waals surface area contributed by atoms with Crippen LogP contribution in [0.3, 0.4) is 0 Å². The van der Waals surface area contributed by atoms with E-state index in [0.29, 0.717) is 24.1 Å². The zero-order chi connectivity index (χ0) is 21.6. The lowest BCUT2D eigenvalue weighted by molar-refractivity contribution is -0.118. The third-order valence-corrected chi connectivity index (χ3v) is 5.57. The molecular weight excluding hydrogens is 390 g/mol. The molecule has 0 spiro atoms. The fourth-order valence-corrected chi connectivity index (χ4v) is 3.97. The maximum absolute atomic E-state index is 12.4. The minimum atomic E-state index is -0.220. The van der Waals surface area contributed by atoms with Gasteiger partial charge in [-0.25, -0.2) is 4.98 Å². The summed E-state index contributed by atoms with van der Waals surface area (Å²) in [6, 6.07) is 17.7. The van der Waals surface area contributed by atoms with Gasteiger partial charge in [-0.3, -0.25) is 4.79 Å². The fraction of sp³-hybridized carbons (Fsp3) is 0.360. The molecule has 2 aromatic carbocycles. The zero-order valence-electron chi connectivity index (χ0n) is 18.1. The van der Waals surface area contributed by atoms with Gasteiger partial charge in [0.05, 0.1) is 6.61 Å². The number of rotatable bonds is 7. The minimum absolute atomic E-state index is 0.0850. The lowest BCUT2D eigenvalue weighted by atomic mass is 10.0. The van der Waals surface area contributed by atoms with Gasteiger partial charge in [0.2, 0.25) is 0 Å². The number of para-hydroxylation sites is 1. The Morgan fingerprint density at radius 2 is 1.94 bits per heavy atom. The third-order valence-electron chi connectivity index (χ3n) is 5.57. The van der Waals surface area contributed by atoms with Gasteiger partial charge in [0, 0.05) is 23.7 Å². The molecule has 2 heterocycles. The number of fused-ring (bicyclic) bond motifs is 1. The molecule has 0 radical (unpaired) electrons. The van der Waals surface area contributed by atoms with Gasteiger partial charge in [0.1, 0.15) is 22.8 Å². The van der Waals surface area contributed by atoms with E-state index in [2.05, 4.69) is 29.3 Å². The topological polar surface area (TPSA) is 63.7 Å². The molecule has 1 aliphatic rings. The van der Waals surface area contributed by atoms with Crippen LogP contribution in [-0.2, 0) is 4.79 Å². The maximum atomic E-state index is 12.4. The summed E-state index contributed by atoms with van der Waals surface area (Å²) in [5.74, 6) is 2.14. The van der Waals surface area contributed by atoms with Crippen LogP contribution in [0.1, 0.15) is 33.1 Å². The molecule has 0 saturated carbocycles. The summed E-state index contributed by atoms with van der Waals surface area (Å²) in [6.07, 6.45) is 3.64. The van der Waals surface area contributed by atoms with Crippen LogP contribution in [0.5, 0.6) is 11.5 Å². The second kappa shape index (κ2) is 9.69. The second-order valence-electron chi connectivity index (χ2n) is 7.83. The van der Waals surface area contributed by atoms with Gasteiger partial charge in [0.25, 0.3) is 5.91 Å². The van der Waals surface area contributed by atoms with Crippen molar-refractivity contribution in [2.75, 3.05) is 30.0 Å². The standard InChI is InChI=1S/C25H29N3O3/c1-3-30-21-13-11-20(12-14-21)26-24(29)17-31-22-9-6-8-19-10-15-23(27-25(19)22)28-16-5-4-7-18(28)2/h6,8-15,18H,3-5,7,16-17H2,1-2H3,(H,26,29). The number of aromatic nitrogens is 1. The predicted octanol–water partition coefficient (Wildman–Crippen LogP) is 5.03. The van der Waals surface area contributed by atoms with E-state index in [9.17, 15) is 4.79 Å². The van der Waals surface area contributed by atoms with Gasteiger partial charge in [-0.15, -0.1) is 0 Å². The van der Waals surface area contributed by atoms with Crippen LogP contribution >= 0.6 is 0 Å². The van der Waals surface area contributed by atoms with Crippen LogP contribution < -0.4 is 19.7 Å². The molecule has 0 bridgehead atoms. The maximum Gasteiger partial charge on any atom is 0.262 e. The van der Waals surface area contributed by atoms with E-state index in [1.165, 1.54) is 19.3 Å². The van der Waals surface area contributed by atoms with Crippen molar-refractivity contribution in [3.8, 4) is 11.5 Å². The number of amides is 1. The Bertz CT molecular complexity index is 1040. The van der Waals surface area contributed by atoms with E-state index in [1.807, 2.05) is 49.4 Å². The third kappa shape index (κ3) is 5.08. The zero-order valence-corrected chi connectivity index (χ0v) is 18.1. The van der Waals surface area contributed by atoms with E-state index < -0.39 is 0 Å². The highest BCUT2D eigenvalue weighted by Crippen LogP contribution is 2.29. The number of nitrogens with zero attached hydrogens (tertiary/aromatic N) is 2. The van der Waals surface area contributed by atoms with Gasteiger partial charge in [-0.2, -0.15) is 0 Å². The summed E-state index contributed by atoms with van der Waals surface area (Å²) in [6.45, 7) is 5.73. The largest absolute Gasteiger partial charge is 0.494 e. The molecule has 4 rings (SSSR count). The molecule has 31 heavy (non-hydrogen) atoms. The van der Waals surface area contributed by atoms with Crippen molar-refractivity contribution in [1.29, 1.82) is 0 Å². The van der Waals surface area contributed by atoms with Crippen molar-refractivity contribution in [3.63, 3.8) is 0 Å². The molecule has 1 amide bonds. The molecule has 3 aromatic rings. The lowest BCUT2D eigenvalue weighted by Crippen LogP contribution is -2.37. The summed E-state index contributed by atoms with van der Waals surface area (Å²) >= 11 is 0. The fourth-order valence-electron chi connectivity index (χ4n) is 3.97. The number of carbonyl (C=O) groups is 1. The number of hydrogen-bond acceptors (Lipinski definition) is 5. The Hall–Kier alpha value is -3.28. The number of nitrogens with one attached hydrogen (secondary N) is 1. The molecule has 6 heteroatoms. The van der Waals surface area contributed by atoms with E-state index in [-0.39, 0.29) is 12.5 Å². The molecule has 6 nitrogen and oxygen atoms in total. The summed E-state index contributed by atoms with van der Waals surface area (Å²) in [4.78, 5) is 19.6. The first-order valence-electron chi connectivity index (χ1n) is 11.0. The van der Waals surface area contributed by atoms with Crippen molar-refractivity contribution in [2.24, 2.45) is 0 Å². The highest BCUT2D eigenvalue weighted by Gasteiger charge is 2.20. The van der Waals surface area contributed by atoms with Crippen molar-refractivity contribution in [3.05, 3.63) is 54.6 Å². The molecule has 1 atom stereocenters. The van der Waals surface area contributed by atoms with Gasteiger partial charge in [-0.05, 0) is 75.6 Å². The van der Waals surface area contributed by atoms with Gasteiger partial charge >= 0.3 is 0 Å². The molecule has 1 unspecified atom stereocenters. The molecule has 1 fully saturated rings. The molecular formula is C25H29N3O3. The van der Waals surface area contributed by atoms with Crippen LogP contribution in [0, 0.1) is 0 Å². The molecule has 162 valence electrons. The van der Waals surface area contributed by atoms with Gasteiger partial charge in [0.15, 0.2) is 6.61 Å². The Morgan fingerprint density at radius 1 is 1.10 bits per heavy atom. The average Bonchev–Trinajstić information content (AvgIpc) is 2.79. The molecule has 1 aromatic heterocycles. The smallest absolute Gasteiger partial charge is 0.262 e. The minimum Gasteiger partial charge on any atom is -0.494 e. The van der Waals surface area contributed by atoms with E-state index in [1.54, 1.807) is 0 Å².